The number of nitrogens with one attached hydrogen (secondary N) is 3. The third kappa shape index (κ3) is 8.28. The van der Waals surface area contributed by atoms with E-state index in [0.29, 0.717) is 43.6 Å². The molecule has 0 spiro atoms. The molecule has 44 heavy (non-hydrogen) atoms. The number of unbranched alkanes of at least 4 members (excludes halogenated alkanes) is 1. The fourth-order valence-electron chi connectivity index (χ4n) is 6.55. The van der Waals surface area contributed by atoms with Crippen molar-refractivity contribution in [2.24, 2.45) is 11.8 Å². The predicted molar refractivity (Wildman–Crippen MR) is 167 cm³/mol. The summed E-state index contributed by atoms with van der Waals surface area (Å²) in [5.41, 5.74) is 2.34. The number of anilines is 2. The lowest BCUT2D eigenvalue weighted by atomic mass is 10.0. The second-order valence-electron chi connectivity index (χ2n) is 12.3. The number of likely N-dealkylation sites (tertiary alicyclic amines) is 1. The van der Waals surface area contributed by atoms with Gasteiger partial charge >= 0.3 is 0 Å². The van der Waals surface area contributed by atoms with Crippen LogP contribution in [-0.2, 0) is 20.9 Å². The van der Waals surface area contributed by atoms with E-state index >= 15 is 0 Å². The van der Waals surface area contributed by atoms with Crippen molar-refractivity contribution < 1.29 is 29.3 Å². The topological polar surface area (TPSA) is 143 Å². The molecular weight excluding hydrogens is 562 g/mol. The van der Waals surface area contributed by atoms with Crippen LogP contribution < -0.4 is 20.7 Å². The van der Waals surface area contributed by atoms with Crippen molar-refractivity contribution in [2.45, 2.75) is 57.6 Å². The Labute approximate surface area is 258 Å². The third-order valence-electron chi connectivity index (χ3n) is 9.06. The molecule has 0 radical (unpaired) electrons. The van der Waals surface area contributed by atoms with Gasteiger partial charge in [0.05, 0.1) is 6.10 Å². The number of phenolic OH excluding ortho intramolecular Hbond substituents is 1. The Morgan fingerprint density at radius 3 is 2.59 bits per heavy atom. The number of aliphatic hydroxyl groups is 1. The van der Waals surface area contributed by atoms with E-state index in [4.69, 9.17) is 4.74 Å². The molecule has 1 saturated carbocycles. The minimum Gasteiger partial charge on any atom is -0.506 e. The maximum Gasteiger partial charge on any atom is 0.262 e. The Bertz CT molecular complexity index is 1310. The summed E-state index contributed by atoms with van der Waals surface area (Å²) in [6, 6.07) is 10.5. The van der Waals surface area contributed by atoms with Crippen LogP contribution in [0.1, 0.15) is 62.2 Å². The Balaban J connectivity index is 0.950. The highest BCUT2D eigenvalue weighted by atomic mass is 16.5. The van der Waals surface area contributed by atoms with Crippen LogP contribution in [0.2, 0.25) is 0 Å². The lowest BCUT2D eigenvalue weighted by Crippen LogP contribution is -2.32. The van der Waals surface area contributed by atoms with Gasteiger partial charge in [0, 0.05) is 70.4 Å². The van der Waals surface area contributed by atoms with Crippen molar-refractivity contribution in [1.82, 2.24) is 15.1 Å². The number of benzene rings is 2. The Morgan fingerprint density at radius 2 is 1.84 bits per heavy atom. The van der Waals surface area contributed by atoms with Crippen LogP contribution in [0.5, 0.6) is 11.5 Å². The van der Waals surface area contributed by atoms with E-state index in [1.807, 2.05) is 31.3 Å². The predicted octanol–water partition coefficient (Wildman–Crippen LogP) is 3.24. The maximum absolute atomic E-state index is 12.6. The number of aliphatic hydroxyl groups excluding tert-OH is 1. The van der Waals surface area contributed by atoms with Crippen LogP contribution in [0, 0.1) is 11.8 Å². The molecule has 2 unspecified atom stereocenters. The average Bonchev–Trinajstić information content (AvgIpc) is 3.62. The van der Waals surface area contributed by atoms with Gasteiger partial charge in [-0.2, -0.15) is 0 Å². The highest BCUT2D eigenvalue weighted by molar-refractivity contribution is 5.97. The number of ether oxygens (including phenoxy) is 1. The molecule has 238 valence electrons. The smallest absolute Gasteiger partial charge is 0.262 e. The summed E-state index contributed by atoms with van der Waals surface area (Å²) in [6.45, 7) is 4.38. The van der Waals surface area contributed by atoms with Gasteiger partial charge in [0.1, 0.15) is 11.4 Å². The lowest BCUT2D eigenvalue weighted by Gasteiger charge is -2.24. The normalized spacial score (nSPS) is 19.9. The van der Waals surface area contributed by atoms with Crippen molar-refractivity contribution in [3.63, 3.8) is 0 Å². The van der Waals surface area contributed by atoms with E-state index in [1.165, 1.54) is 25.3 Å². The van der Waals surface area contributed by atoms with Crippen LogP contribution in [0.15, 0.2) is 36.4 Å². The van der Waals surface area contributed by atoms with Crippen LogP contribution in [0.3, 0.4) is 0 Å². The van der Waals surface area contributed by atoms with Gasteiger partial charge in [0.2, 0.25) is 11.8 Å². The fourth-order valence-corrected chi connectivity index (χ4v) is 6.55. The number of hydrogen-bond acceptors (Lipinski definition) is 8. The molecule has 2 aromatic rings. The molecule has 0 aromatic heterocycles. The van der Waals surface area contributed by atoms with E-state index in [0.717, 1.165) is 43.5 Å². The van der Waals surface area contributed by atoms with E-state index in [2.05, 4.69) is 20.9 Å². The van der Waals surface area contributed by atoms with Gasteiger partial charge in [-0.05, 0) is 67.3 Å². The highest BCUT2D eigenvalue weighted by Crippen LogP contribution is 2.41. The van der Waals surface area contributed by atoms with Crippen LogP contribution >= 0.6 is 0 Å². The van der Waals surface area contributed by atoms with Gasteiger partial charge in [-0.1, -0.05) is 18.6 Å². The van der Waals surface area contributed by atoms with Crippen molar-refractivity contribution in [1.29, 1.82) is 0 Å². The van der Waals surface area contributed by atoms with E-state index in [1.54, 1.807) is 11.0 Å². The number of fused-ring (bicyclic) bond motifs is 2. The lowest BCUT2D eigenvalue weighted by molar-refractivity contribution is -0.130. The first-order valence-corrected chi connectivity index (χ1v) is 15.8. The molecule has 11 nitrogen and oxygen atoms in total. The zero-order chi connectivity index (χ0) is 31.1. The molecule has 2 aromatic carbocycles. The number of carbonyl (C=O) groups excluding carboxylic acids is 3. The zero-order valence-corrected chi connectivity index (χ0v) is 25.5. The zero-order valence-electron chi connectivity index (χ0n) is 25.5. The highest BCUT2D eigenvalue weighted by Gasteiger charge is 2.35. The van der Waals surface area contributed by atoms with Gasteiger partial charge in [-0.3, -0.25) is 14.4 Å². The first-order chi connectivity index (χ1) is 21.3. The molecule has 3 amide bonds. The molecule has 3 atom stereocenters. The summed E-state index contributed by atoms with van der Waals surface area (Å²) in [6.07, 6.45) is 5.62. The Kier molecular flexibility index (Phi) is 10.7. The van der Waals surface area contributed by atoms with E-state index in [-0.39, 0.29) is 48.1 Å². The number of rotatable bonds is 14. The number of nitrogens with zero attached hydrogens (tertiary/aromatic N) is 2. The van der Waals surface area contributed by atoms with E-state index in [9.17, 15) is 24.6 Å². The molecule has 2 fully saturated rings. The minimum absolute atomic E-state index is 0.0526. The molecule has 11 heteroatoms. The van der Waals surface area contributed by atoms with Gasteiger partial charge in [-0.25, -0.2) is 0 Å². The molecule has 5 rings (SSSR count). The first kappa shape index (κ1) is 31.7. The van der Waals surface area contributed by atoms with Crippen LogP contribution in [-0.4, -0.2) is 84.1 Å². The summed E-state index contributed by atoms with van der Waals surface area (Å²) in [5.74, 6) is 1.62. The molecule has 2 heterocycles. The number of carbonyl (C=O) groups is 3. The van der Waals surface area contributed by atoms with Crippen molar-refractivity contribution in [3.8, 4) is 11.5 Å². The fraction of sp³-hybridized carbons (Fsp3) is 0.545. The summed E-state index contributed by atoms with van der Waals surface area (Å²) < 4.78 is 5.45. The molecular formula is C33H45N5O6. The van der Waals surface area contributed by atoms with Crippen LogP contribution in [0.4, 0.5) is 11.4 Å². The molecule has 1 aliphatic carbocycles. The monoisotopic (exact) mass is 607 g/mol. The summed E-state index contributed by atoms with van der Waals surface area (Å²) in [7, 11) is 1.85. The number of aromatic hydroxyl groups is 1. The molecule has 3 aliphatic rings. The maximum atomic E-state index is 12.6. The van der Waals surface area contributed by atoms with Crippen molar-refractivity contribution >= 4 is 29.1 Å². The van der Waals surface area contributed by atoms with Crippen molar-refractivity contribution in [2.75, 3.05) is 57.0 Å². The largest absolute Gasteiger partial charge is 0.506 e. The van der Waals surface area contributed by atoms with Gasteiger partial charge in [-0.15, -0.1) is 0 Å². The van der Waals surface area contributed by atoms with Gasteiger partial charge in [0.15, 0.2) is 12.4 Å². The van der Waals surface area contributed by atoms with Crippen LogP contribution in [0.25, 0.3) is 0 Å². The molecule has 5 N–H and O–H groups in total. The quantitative estimate of drug-likeness (QED) is 0.163. The first-order valence-electron chi connectivity index (χ1n) is 15.8. The Morgan fingerprint density at radius 1 is 1.09 bits per heavy atom. The molecule has 2 aliphatic heterocycles. The summed E-state index contributed by atoms with van der Waals surface area (Å²) in [5, 5.41) is 29.4. The number of amides is 3. The molecule has 1 saturated heterocycles. The van der Waals surface area contributed by atoms with Gasteiger partial charge < -0.3 is 40.7 Å². The summed E-state index contributed by atoms with van der Waals surface area (Å²) in [4.78, 5) is 40.8. The van der Waals surface area contributed by atoms with E-state index < -0.39 is 6.10 Å². The number of phenols is 1. The SMILES string of the molecule is CN(CCCCC(=O)Nc1ccc(CNC[C@H](O)c2ccc(O)c3c2OCC(=O)N3)cc1)C(=O)CCN1CC2CCCC2C1. The molecule has 0 bridgehead atoms. The average molecular weight is 608 g/mol. The number of hydrogen-bond donors (Lipinski definition) is 5. The minimum atomic E-state index is -0.912. The second-order valence-corrected chi connectivity index (χ2v) is 12.3. The third-order valence-corrected chi connectivity index (χ3v) is 9.06. The van der Waals surface area contributed by atoms with Crippen molar-refractivity contribution in [3.05, 3.63) is 47.5 Å². The summed E-state index contributed by atoms with van der Waals surface area (Å²) >= 11 is 0. The Hall–Kier alpha value is -3.67. The second kappa shape index (κ2) is 14.9. The standard InChI is InChI=1S/C33H45N5O6/c1-37(31(43)14-16-38-19-23-5-4-6-24(23)20-38)15-3-2-7-29(41)35-25-10-8-22(9-11-25)17-34-18-28(40)26-12-13-27(39)32-33(26)44-21-30(42)36-32/h8-13,23-24,28,34,39-40H,2-7,14-21H2,1H3,(H,35,41)(H,36,42)/t23?,24?,28-/m0/s1. The van der Waals surface area contributed by atoms with Gasteiger partial charge in [0.25, 0.3) is 5.91 Å².